The molecule has 2 rings (SSSR count). The first-order chi connectivity index (χ1) is 8.47. The van der Waals surface area contributed by atoms with Gasteiger partial charge in [-0.3, -0.25) is 4.79 Å². The van der Waals surface area contributed by atoms with Gasteiger partial charge in [0.15, 0.2) is 10.7 Å². The van der Waals surface area contributed by atoms with Crippen LogP contribution in [0.5, 0.6) is 5.75 Å². The molecule has 0 radical (unpaired) electrons. The highest BCUT2D eigenvalue weighted by molar-refractivity contribution is 7.40. The van der Waals surface area contributed by atoms with Gasteiger partial charge in [0.05, 0.1) is 15.5 Å². The van der Waals surface area contributed by atoms with Gasteiger partial charge in [0.1, 0.15) is 5.75 Å². The third-order valence-corrected chi connectivity index (χ3v) is 5.18. The number of ketones is 1. The van der Waals surface area contributed by atoms with Gasteiger partial charge in [-0.25, -0.2) is 4.79 Å². The third-order valence-electron chi connectivity index (χ3n) is 2.54. The van der Waals surface area contributed by atoms with Gasteiger partial charge >= 0.3 is 5.97 Å². The second-order valence-electron chi connectivity index (χ2n) is 3.78. The first-order valence-corrected chi connectivity index (χ1v) is 7.03. The molecule has 0 amide bonds. The Morgan fingerprint density at radius 3 is 2.39 bits per heavy atom. The Kier molecular flexibility index (Phi) is 3.41. The highest BCUT2D eigenvalue weighted by Gasteiger charge is 2.24. The number of aryl methyl sites for hydroxylation is 1. The fraction of sp³-hybridized carbons (Fsp3) is 0.333. The highest BCUT2D eigenvalue weighted by atomic mass is 32.2. The number of ether oxygens (including phenoxy) is 1. The van der Waals surface area contributed by atoms with Crippen LogP contribution in [0.3, 0.4) is 0 Å². The zero-order valence-electron chi connectivity index (χ0n) is 10.2. The summed E-state index contributed by atoms with van der Waals surface area (Å²) in [7, 11) is 0. The van der Waals surface area contributed by atoms with Crippen molar-refractivity contribution < 1.29 is 19.4 Å². The van der Waals surface area contributed by atoms with Gasteiger partial charge in [-0.2, -0.15) is 0 Å². The predicted molar refractivity (Wildman–Crippen MR) is 72.1 cm³/mol. The van der Waals surface area contributed by atoms with Crippen molar-refractivity contribution in [1.29, 1.82) is 0 Å². The molecule has 0 fully saturated rings. The molecule has 2 aromatic rings. The van der Waals surface area contributed by atoms with Crippen molar-refractivity contribution in [2.75, 3.05) is 6.61 Å². The Morgan fingerprint density at radius 1 is 1.28 bits per heavy atom. The quantitative estimate of drug-likeness (QED) is 0.693. The fourth-order valence-electron chi connectivity index (χ4n) is 1.76. The minimum Gasteiger partial charge on any atom is -0.505 e. The number of carbonyl (C=O) groups excluding carboxylic acids is 2. The summed E-state index contributed by atoms with van der Waals surface area (Å²) in [5.41, 5.74) is 0.729. The first kappa shape index (κ1) is 13.0. The van der Waals surface area contributed by atoms with E-state index in [-0.39, 0.29) is 23.0 Å². The number of rotatable bonds is 3. The molecule has 1 N–H and O–H groups in total. The van der Waals surface area contributed by atoms with Crippen molar-refractivity contribution in [3.63, 3.8) is 0 Å². The molecule has 96 valence electrons. The minimum absolute atomic E-state index is 0.0296. The second kappa shape index (κ2) is 4.70. The number of fused-ring (bicyclic) bond motifs is 1. The second-order valence-corrected chi connectivity index (χ2v) is 6.07. The average molecular weight is 284 g/mol. The minimum atomic E-state index is -0.521. The molecule has 0 aliphatic rings. The zero-order valence-corrected chi connectivity index (χ0v) is 11.8. The van der Waals surface area contributed by atoms with Crippen molar-refractivity contribution in [3.05, 3.63) is 15.3 Å². The molecule has 2 heterocycles. The van der Waals surface area contributed by atoms with Crippen molar-refractivity contribution in [2.45, 2.75) is 20.8 Å². The molecular weight excluding hydrogens is 272 g/mol. The summed E-state index contributed by atoms with van der Waals surface area (Å²) in [4.78, 5) is 23.9. The molecule has 0 aliphatic carbocycles. The molecule has 0 aromatic carbocycles. The van der Waals surface area contributed by atoms with Crippen LogP contribution >= 0.6 is 22.7 Å². The standard InChI is InChI=1S/C12H12O4S2/c1-4-16-11(15)10-8(14)7-5(2)9(6(3)13)17-12(7)18-10/h14H,4H2,1-3H3. The Bertz CT molecular complexity index is 636. The Hall–Kier alpha value is -1.40. The van der Waals surface area contributed by atoms with E-state index in [2.05, 4.69) is 0 Å². The number of hydrogen-bond acceptors (Lipinski definition) is 6. The largest absolute Gasteiger partial charge is 0.505 e. The molecule has 18 heavy (non-hydrogen) atoms. The molecule has 0 saturated heterocycles. The molecule has 0 aliphatic heterocycles. The number of thiophene rings is 2. The van der Waals surface area contributed by atoms with Crippen LogP contribution in [0.4, 0.5) is 0 Å². The van der Waals surface area contributed by atoms with Crippen molar-refractivity contribution in [2.24, 2.45) is 0 Å². The summed E-state index contributed by atoms with van der Waals surface area (Å²) in [6.45, 7) is 5.24. The van der Waals surface area contributed by atoms with Gasteiger partial charge in [-0.1, -0.05) is 0 Å². The van der Waals surface area contributed by atoms with Crippen LogP contribution in [-0.2, 0) is 4.74 Å². The van der Waals surface area contributed by atoms with E-state index in [9.17, 15) is 14.7 Å². The van der Waals surface area contributed by atoms with Gasteiger partial charge in [-0.05, 0) is 26.3 Å². The summed E-state index contributed by atoms with van der Waals surface area (Å²) in [5, 5.41) is 10.7. The molecule has 0 spiro atoms. The van der Waals surface area contributed by atoms with Crippen LogP contribution in [0, 0.1) is 6.92 Å². The molecule has 2 aromatic heterocycles. The lowest BCUT2D eigenvalue weighted by molar-refractivity contribution is 0.0529. The SMILES string of the molecule is CCOC(=O)c1sc2sc(C(C)=O)c(C)c2c1O. The van der Waals surface area contributed by atoms with Crippen LogP contribution in [0.25, 0.3) is 9.40 Å². The Balaban J connectivity index is 2.60. The third kappa shape index (κ3) is 1.91. The fourth-order valence-corrected chi connectivity index (χ4v) is 4.24. The maximum Gasteiger partial charge on any atom is 0.352 e. The molecule has 0 saturated carbocycles. The predicted octanol–water partition coefficient (Wildman–Crippen LogP) is 3.36. The average Bonchev–Trinajstić information content (AvgIpc) is 2.78. The van der Waals surface area contributed by atoms with E-state index in [0.717, 1.165) is 9.58 Å². The number of Topliss-reactive ketones (excluding diaryl/α,β-unsaturated/α-hetero) is 1. The zero-order chi connectivity index (χ0) is 13.4. The lowest BCUT2D eigenvalue weighted by Crippen LogP contribution is -2.02. The van der Waals surface area contributed by atoms with Crippen molar-refractivity contribution in [1.82, 2.24) is 0 Å². The molecular formula is C12H12O4S2. The molecule has 0 atom stereocenters. The molecule has 0 unspecified atom stereocenters. The van der Waals surface area contributed by atoms with Gasteiger partial charge in [0.25, 0.3) is 0 Å². The van der Waals surface area contributed by atoms with Crippen LogP contribution in [-0.4, -0.2) is 23.5 Å². The molecule has 6 heteroatoms. The van der Waals surface area contributed by atoms with Gasteiger partial charge in [0, 0.05) is 5.39 Å². The highest BCUT2D eigenvalue weighted by Crippen LogP contribution is 2.45. The summed E-state index contributed by atoms with van der Waals surface area (Å²) >= 11 is 2.47. The van der Waals surface area contributed by atoms with E-state index >= 15 is 0 Å². The van der Waals surface area contributed by atoms with Crippen LogP contribution in [0.2, 0.25) is 0 Å². The lowest BCUT2D eigenvalue weighted by Gasteiger charge is -1.99. The topological polar surface area (TPSA) is 63.6 Å². The number of carbonyl (C=O) groups is 2. The van der Waals surface area contributed by atoms with Crippen molar-refractivity contribution >= 4 is 43.8 Å². The van der Waals surface area contributed by atoms with Crippen LogP contribution < -0.4 is 0 Å². The van der Waals surface area contributed by atoms with E-state index in [1.54, 1.807) is 13.8 Å². The van der Waals surface area contributed by atoms with Gasteiger partial charge < -0.3 is 9.84 Å². The van der Waals surface area contributed by atoms with E-state index in [0.29, 0.717) is 10.3 Å². The van der Waals surface area contributed by atoms with Gasteiger partial charge in [0.2, 0.25) is 0 Å². The van der Waals surface area contributed by atoms with Crippen LogP contribution in [0.1, 0.15) is 38.8 Å². The lowest BCUT2D eigenvalue weighted by atomic mass is 10.1. The normalized spacial score (nSPS) is 10.8. The summed E-state index contributed by atoms with van der Waals surface area (Å²) < 4.78 is 5.65. The first-order valence-electron chi connectivity index (χ1n) is 5.40. The Labute approximate surface area is 112 Å². The maximum atomic E-state index is 11.6. The number of esters is 1. The number of aromatic hydroxyl groups is 1. The van der Waals surface area contributed by atoms with Crippen LogP contribution in [0.15, 0.2) is 0 Å². The molecule has 0 bridgehead atoms. The van der Waals surface area contributed by atoms with Crippen molar-refractivity contribution in [3.8, 4) is 5.75 Å². The summed E-state index contributed by atoms with van der Waals surface area (Å²) in [6.07, 6.45) is 0. The van der Waals surface area contributed by atoms with E-state index < -0.39 is 5.97 Å². The monoisotopic (exact) mass is 284 g/mol. The van der Waals surface area contributed by atoms with E-state index in [1.165, 1.54) is 29.6 Å². The summed E-state index contributed by atoms with van der Waals surface area (Å²) in [6, 6.07) is 0. The summed E-state index contributed by atoms with van der Waals surface area (Å²) in [5.74, 6) is -0.625. The number of hydrogen-bond donors (Lipinski definition) is 1. The maximum absolute atomic E-state index is 11.6. The molecule has 4 nitrogen and oxygen atoms in total. The van der Waals surface area contributed by atoms with E-state index in [4.69, 9.17) is 4.74 Å². The smallest absolute Gasteiger partial charge is 0.352 e. The van der Waals surface area contributed by atoms with Gasteiger partial charge in [-0.15, -0.1) is 22.7 Å². The van der Waals surface area contributed by atoms with E-state index in [1.807, 2.05) is 0 Å². The Morgan fingerprint density at radius 2 is 1.89 bits per heavy atom.